The van der Waals surface area contributed by atoms with Gasteiger partial charge in [-0.25, -0.2) is 0 Å². The Kier molecular flexibility index (Phi) is 4.53. The highest BCUT2D eigenvalue weighted by molar-refractivity contribution is 9.10. The first kappa shape index (κ1) is 12.4. The lowest BCUT2D eigenvalue weighted by molar-refractivity contribution is -0.0153. The molecular weight excluding hydrogens is 264 g/mol. The van der Waals surface area contributed by atoms with Gasteiger partial charge < -0.3 is 20.1 Å². The molecule has 0 heterocycles. The molecule has 5 heteroatoms. The van der Waals surface area contributed by atoms with Crippen LogP contribution in [0.3, 0.4) is 0 Å². The number of halogens is 1. The number of hydrogen-bond donors (Lipinski definition) is 3. The van der Waals surface area contributed by atoms with Gasteiger partial charge in [0, 0.05) is 0 Å². The van der Waals surface area contributed by atoms with Gasteiger partial charge in [-0.2, -0.15) is 0 Å². The van der Waals surface area contributed by atoms with E-state index < -0.39 is 18.8 Å². The van der Waals surface area contributed by atoms with Crippen LogP contribution in [0, 0.1) is 0 Å². The quantitative estimate of drug-likeness (QED) is 0.763. The molecule has 84 valence electrons. The second-order valence-electron chi connectivity index (χ2n) is 3.09. The van der Waals surface area contributed by atoms with E-state index in [1.807, 2.05) is 0 Å². The van der Waals surface area contributed by atoms with E-state index in [-0.39, 0.29) is 0 Å². The number of hydrogen-bond acceptors (Lipinski definition) is 4. The van der Waals surface area contributed by atoms with E-state index in [9.17, 15) is 10.2 Å². The normalized spacial score (nSPS) is 14.7. The minimum atomic E-state index is -1.18. The summed E-state index contributed by atoms with van der Waals surface area (Å²) in [6.07, 6.45) is -2.30. The average Bonchev–Trinajstić information content (AvgIpc) is 2.27. The van der Waals surface area contributed by atoms with Gasteiger partial charge in [0.1, 0.15) is 18.0 Å². The molecule has 0 fully saturated rings. The van der Waals surface area contributed by atoms with Crippen molar-refractivity contribution in [3.63, 3.8) is 0 Å². The molecular formula is C10H13BrO4. The summed E-state index contributed by atoms with van der Waals surface area (Å²) in [6.45, 7) is -0.487. The van der Waals surface area contributed by atoms with Crippen LogP contribution >= 0.6 is 15.9 Å². The Morgan fingerprint density at radius 2 is 2.07 bits per heavy atom. The van der Waals surface area contributed by atoms with Gasteiger partial charge >= 0.3 is 0 Å². The first-order chi connectivity index (χ1) is 7.10. The second-order valence-corrected chi connectivity index (χ2v) is 3.94. The number of aliphatic hydroxyl groups is 3. The number of methoxy groups -OCH3 is 1. The molecule has 1 aromatic rings. The molecule has 1 aromatic carbocycles. The predicted molar refractivity (Wildman–Crippen MR) is 58.7 cm³/mol. The van der Waals surface area contributed by atoms with Crippen molar-refractivity contribution in [3.05, 3.63) is 28.2 Å². The van der Waals surface area contributed by atoms with Crippen LogP contribution < -0.4 is 4.74 Å². The Labute approximate surface area is 96.3 Å². The van der Waals surface area contributed by atoms with Crippen LogP contribution in [0.1, 0.15) is 11.7 Å². The van der Waals surface area contributed by atoms with E-state index in [4.69, 9.17) is 9.84 Å². The van der Waals surface area contributed by atoms with E-state index in [0.29, 0.717) is 11.3 Å². The molecule has 0 spiro atoms. The van der Waals surface area contributed by atoms with Gasteiger partial charge in [0.25, 0.3) is 0 Å². The molecule has 0 bridgehead atoms. The Balaban J connectivity index is 2.95. The van der Waals surface area contributed by atoms with Crippen molar-refractivity contribution < 1.29 is 20.1 Å². The van der Waals surface area contributed by atoms with Crippen LogP contribution in [0.4, 0.5) is 0 Å². The van der Waals surface area contributed by atoms with Crippen molar-refractivity contribution in [2.24, 2.45) is 0 Å². The van der Waals surface area contributed by atoms with Crippen molar-refractivity contribution in [2.45, 2.75) is 12.2 Å². The molecule has 0 saturated carbocycles. The van der Waals surface area contributed by atoms with E-state index in [0.717, 1.165) is 4.47 Å². The molecule has 3 N–H and O–H groups in total. The van der Waals surface area contributed by atoms with E-state index in [1.54, 1.807) is 18.2 Å². The molecule has 2 unspecified atom stereocenters. The highest BCUT2D eigenvalue weighted by Gasteiger charge is 2.18. The largest absolute Gasteiger partial charge is 0.496 e. The zero-order chi connectivity index (χ0) is 11.4. The lowest BCUT2D eigenvalue weighted by atomic mass is 10.0. The third-order valence-corrected chi connectivity index (χ3v) is 2.72. The van der Waals surface area contributed by atoms with E-state index in [1.165, 1.54) is 7.11 Å². The summed E-state index contributed by atoms with van der Waals surface area (Å²) >= 11 is 3.28. The van der Waals surface area contributed by atoms with Crippen molar-refractivity contribution >= 4 is 15.9 Å². The van der Waals surface area contributed by atoms with E-state index >= 15 is 0 Å². The van der Waals surface area contributed by atoms with Crippen LogP contribution in [0.5, 0.6) is 5.75 Å². The van der Waals surface area contributed by atoms with Crippen molar-refractivity contribution in [3.8, 4) is 5.75 Å². The number of rotatable bonds is 4. The van der Waals surface area contributed by atoms with Gasteiger partial charge in [0.15, 0.2) is 0 Å². The summed E-state index contributed by atoms with van der Waals surface area (Å²) in [7, 11) is 1.51. The summed E-state index contributed by atoms with van der Waals surface area (Å²) in [5.41, 5.74) is 0.497. The topological polar surface area (TPSA) is 69.9 Å². The Morgan fingerprint density at radius 1 is 1.40 bits per heavy atom. The molecule has 2 atom stereocenters. The van der Waals surface area contributed by atoms with Crippen molar-refractivity contribution in [1.82, 2.24) is 0 Å². The molecule has 0 aromatic heterocycles. The zero-order valence-electron chi connectivity index (χ0n) is 8.22. The molecule has 0 saturated heterocycles. The zero-order valence-corrected chi connectivity index (χ0v) is 9.81. The third-order valence-electron chi connectivity index (χ3n) is 2.07. The average molecular weight is 277 g/mol. The number of benzene rings is 1. The maximum atomic E-state index is 9.62. The summed E-state index contributed by atoms with van der Waals surface area (Å²) < 4.78 is 5.81. The van der Waals surface area contributed by atoms with E-state index in [2.05, 4.69) is 15.9 Å². The van der Waals surface area contributed by atoms with Gasteiger partial charge in [-0.3, -0.25) is 0 Å². The minimum absolute atomic E-state index is 0.487. The summed E-state index contributed by atoms with van der Waals surface area (Å²) in [5.74, 6) is 0.566. The molecule has 0 radical (unpaired) electrons. The Morgan fingerprint density at radius 3 is 2.60 bits per heavy atom. The number of aliphatic hydroxyl groups excluding tert-OH is 3. The molecule has 0 aliphatic rings. The van der Waals surface area contributed by atoms with Crippen LogP contribution in [-0.4, -0.2) is 35.1 Å². The van der Waals surface area contributed by atoms with Gasteiger partial charge in [0.05, 0.1) is 18.2 Å². The van der Waals surface area contributed by atoms with Crippen LogP contribution in [0.15, 0.2) is 22.7 Å². The van der Waals surface area contributed by atoms with Crippen LogP contribution in [-0.2, 0) is 0 Å². The van der Waals surface area contributed by atoms with Gasteiger partial charge in [0.2, 0.25) is 0 Å². The number of ether oxygens (including phenoxy) is 1. The van der Waals surface area contributed by atoms with Crippen LogP contribution in [0.2, 0.25) is 0 Å². The smallest absolute Gasteiger partial charge is 0.133 e. The second kappa shape index (κ2) is 5.46. The third kappa shape index (κ3) is 2.92. The lowest BCUT2D eigenvalue weighted by Crippen LogP contribution is -2.22. The van der Waals surface area contributed by atoms with Gasteiger partial charge in [-0.15, -0.1) is 0 Å². The van der Waals surface area contributed by atoms with Crippen molar-refractivity contribution in [2.75, 3.05) is 13.7 Å². The monoisotopic (exact) mass is 276 g/mol. The highest BCUT2D eigenvalue weighted by atomic mass is 79.9. The SMILES string of the molecule is COc1cc(C(O)C(O)CO)ccc1Br. The predicted octanol–water partition coefficient (Wildman–Crippen LogP) is 0.844. The van der Waals surface area contributed by atoms with Gasteiger partial charge in [-0.05, 0) is 33.6 Å². The first-order valence-corrected chi connectivity index (χ1v) is 5.20. The fourth-order valence-electron chi connectivity index (χ4n) is 1.18. The maximum absolute atomic E-state index is 9.62. The first-order valence-electron chi connectivity index (χ1n) is 4.40. The maximum Gasteiger partial charge on any atom is 0.133 e. The van der Waals surface area contributed by atoms with Gasteiger partial charge in [-0.1, -0.05) is 6.07 Å². The summed E-state index contributed by atoms with van der Waals surface area (Å²) in [5, 5.41) is 27.6. The Hall–Kier alpha value is -0.620. The summed E-state index contributed by atoms with van der Waals surface area (Å²) in [6, 6.07) is 4.96. The Bertz CT molecular complexity index is 329. The lowest BCUT2D eigenvalue weighted by Gasteiger charge is -2.16. The highest BCUT2D eigenvalue weighted by Crippen LogP contribution is 2.29. The molecule has 0 amide bonds. The van der Waals surface area contributed by atoms with Crippen molar-refractivity contribution in [1.29, 1.82) is 0 Å². The molecule has 1 rings (SSSR count). The van der Waals surface area contributed by atoms with Crippen LogP contribution in [0.25, 0.3) is 0 Å². The minimum Gasteiger partial charge on any atom is -0.496 e. The standard InChI is InChI=1S/C10H13BrO4/c1-15-9-4-6(2-3-7(9)11)10(14)8(13)5-12/h2-4,8,10,12-14H,5H2,1H3. The molecule has 15 heavy (non-hydrogen) atoms. The fraction of sp³-hybridized carbons (Fsp3) is 0.400. The fourth-order valence-corrected chi connectivity index (χ4v) is 1.59. The molecule has 0 aliphatic heterocycles. The summed E-state index contributed by atoms with van der Waals surface area (Å²) in [4.78, 5) is 0. The molecule has 4 nitrogen and oxygen atoms in total. The molecule has 0 aliphatic carbocycles.